The van der Waals surface area contributed by atoms with Crippen LogP contribution in [0.1, 0.15) is 40.2 Å². The van der Waals surface area contributed by atoms with Crippen LogP contribution in [0.5, 0.6) is 11.5 Å². The zero-order valence-electron chi connectivity index (χ0n) is 17.4. The molecule has 0 aliphatic carbocycles. The number of amides is 1. The Balaban J connectivity index is 1.94. The molecule has 0 aromatic heterocycles. The summed E-state index contributed by atoms with van der Waals surface area (Å²) in [4.78, 5) is 14.4. The molecule has 0 fully saturated rings. The van der Waals surface area contributed by atoms with Gasteiger partial charge < -0.3 is 9.47 Å². The molecule has 158 valence electrons. The van der Waals surface area contributed by atoms with Gasteiger partial charge in [0.15, 0.2) is 6.10 Å². The van der Waals surface area contributed by atoms with Crippen LogP contribution in [0.4, 0.5) is 0 Å². The van der Waals surface area contributed by atoms with Crippen LogP contribution in [0, 0.1) is 0 Å². The highest BCUT2D eigenvalue weighted by atomic mass is 32.2. The summed E-state index contributed by atoms with van der Waals surface area (Å²) in [5, 5.41) is 0. The first-order chi connectivity index (χ1) is 13.5. The second-order valence-electron chi connectivity index (χ2n) is 7.53. The summed E-state index contributed by atoms with van der Waals surface area (Å²) in [7, 11) is -3.89. The lowest BCUT2D eigenvalue weighted by atomic mass is 9.87. The van der Waals surface area contributed by atoms with Gasteiger partial charge in [-0.2, -0.15) is 0 Å². The molecule has 29 heavy (non-hydrogen) atoms. The Labute approximate surface area is 172 Å². The number of carbonyl (C=O) groups is 1. The summed E-state index contributed by atoms with van der Waals surface area (Å²) in [6.45, 7) is 10.1. The molecule has 2 N–H and O–H groups in total. The fourth-order valence-corrected chi connectivity index (χ4v) is 3.30. The van der Waals surface area contributed by atoms with Crippen molar-refractivity contribution in [1.29, 1.82) is 0 Å². The zero-order valence-corrected chi connectivity index (χ0v) is 18.2. The third-order valence-electron chi connectivity index (χ3n) is 4.16. The molecule has 1 amide bonds. The van der Waals surface area contributed by atoms with E-state index in [9.17, 15) is 13.2 Å². The van der Waals surface area contributed by atoms with Gasteiger partial charge in [-0.1, -0.05) is 32.9 Å². The zero-order chi connectivity index (χ0) is 21.7. The Bertz CT molecular complexity index is 917. The van der Waals surface area contributed by atoms with Crippen LogP contribution < -0.4 is 19.7 Å². The first-order valence-corrected chi connectivity index (χ1v) is 10.8. The van der Waals surface area contributed by atoms with Gasteiger partial charge in [-0.25, -0.2) is 8.42 Å². The van der Waals surface area contributed by atoms with Gasteiger partial charge in [-0.3, -0.25) is 10.2 Å². The molecule has 0 saturated heterocycles. The third kappa shape index (κ3) is 6.47. The predicted octanol–water partition coefficient (Wildman–Crippen LogP) is 3.16. The van der Waals surface area contributed by atoms with Crippen LogP contribution >= 0.6 is 0 Å². The Kier molecular flexibility index (Phi) is 7.26. The highest BCUT2D eigenvalue weighted by Crippen LogP contribution is 2.23. The van der Waals surface area contributed by atoms with Crippen LogP contribution in [0.2, 0.25) is 0 Å². The molecule has 2 aromatic rings. The molecule has 0 unspecified atom stereocenters. The standard InChI is InChI=1S/C21H28N2O5S/c1-6-27-17-9-11-18(12-10-17)28-15(2)20(24)22-23-29(25,26)19-13-7-16(8-14-19)21(3,4)5/h7-15,23H,6H2,1-5H3,(H,22,24)/t15-/m1/s1. The van der Waals surface area contributed by atoms with Crippen LogP contribution in [-0.4, -0.2) is 27.0 Å². The van der Waals surface area contributed by atoms with Gasteiger partial charge in [-0.05, 0) is 61.2 Å². The largest absolute Gasteiger partial charge is 0.494 e. The van der Waals surface area contributed by atoms with E-state index in [1.807, 2.05) is 27.7 Å². The molecule has 0 bridgehead atoms. The topological polar surface area (TPSA) is 93.7 Å². The Morgan fingerprint density at radius 2 is 1.55 bits per heavy atom. The van der Waals surface area contributed by atoms with Crippen molar-refractivity contribution >= 4 is 15.9 Å². The highest BCUT2D eigenvalue weighted by molar-refractivity contribution is 7.89. The lowest BCUT2D eigenvalue weighted by Crippen LogP contribution is -2.47. The van der Waals surface area contributed by atoms with Crippen molar-refractivity contribution in [2.75, 3.05) is 6.61 Å². The second kappa shape index (κ2) is 9.28. The van der Waals surface area contributed by atoms with E-state index in [-0.39, 0.29) is 10.3 Å². The Morgan fingerprint density at radius 1 is 1.00 bits per heavy atom. The van der Waals surface area contributed by atoms with E-state index < -0.39 is 22.0 Å². The van der Waals surface area contributed by atoms with Crippen molar-refractivity contribution in [3.63, 3.8) is 0 Å². The molecule has 2 rings (SSSR count). The number of sulfonamides is 1. The van der Waals surface area contributed by atoms with Crippen molar-refractivity contribution in [1.82, 2.24) is 10.3 Å². The number of nitrogens with one attached hydrogen (secondary N) is 2. The average molecular weight is 421 g/mol. The fourth-order valence-electron chi connectivity index (χ4n) is 2.45. The van der Waals surface area contributed by atoms with E-state index in [1.54, 1.807) is 36.4 Å². The molecule has 0 spiro atoms. The average Bonchev–Trinajstić information content (AvgIpc) is 2.67. The summed E-state index contributed by atoms with van der Waals surface area (Å²) < 4.78 is 35.7. The number of carbonyl (C=O) groups excluding carboxylic acids is 1. The van der Waals surface area contributed by atoms with E-state index in [0.29, 0.717) is 18.1 Å². The minimum atomic E-state index is -3.89. The van der Waals surface area contributed by atoms with E-state index in [1.165, 1.54) is 19.1 Å². The maximum Gasteiger partial charge on any atom is 0.275 e. The van der Waals surface area contributed by atoms with Crippen molar-refractivity contribution in [2.24, 2.45) is 0 Å². The molecule has 0 heterocycles. The van der Waals surface area contributed by atoms with Gasteiger partial charge in [0, 0.05) is 0 Å². The van der Waals surface area contributed by atoms with Gasteiger partial charge >= 0.3 is 0 Å². The van der Waals surface area contributed by atoms with Gasteiger partial charge in [0.1, 0.15) is 11.5 Å². The fraction of sp³-hybridized carbons (Fsp3) is 0.381. The van der Waals surface area contributed by atoms with Crippen LogP contribution in [0.15, 0.2) is 53.4 Å². The molecule has 0 aliphatic rings. The lowest BCUT2D eigenvalue weighted by molar-refractivity contribution is -0.127. The minimum absolute atomic E-state index is 0.0610. The normalized spacial score (nSPS) is 12.9. The van der Waals surface area contributed by atoms with E-state index >= 15 is 0 Å². The minimum Gasteiger partial charge on any atom is -0.494 e. The number of hydrogen-bond acceptors (Lipinski definition) is 5. The van der Waals surface area contributed by atoms with Crippen molar-refractivity contribution in [3.8, 4) is 11.5 Å². The number of hydrogen-bond donors (Lipinski definition) is 2. The van der Waals surface area contributed by atoms with Crippen molar-refractivity contribution < 1.29 is 22.7 Å². The smallest absolute Gasteiger partial charge is 0.275 e. The van der Waals surface area contributed by atoms with E-state index in [0.717, 1.165) is 5.56 Å². The highest BCUT2D eigenvalue weighted by Gasteiger charge is 2.20. The van der Waals surface area contributed by atoms with Gasteiger partial charge in [-0.15, -0.1) is 4.83 Å². The molecule has 0 radical (unpaired) electrons. The maximum atomic E-state index is 12.4. The summed E-state index contributed by atoms with van der Waals surface area (Å²) in [5.74, 6) is 0.549. The third-order valence-corrected chi connectivity index (χ3v) is 5.42. The van der Waals surface area contributed by atoms with Gasteiger partial charge in [0.2, 0.25) is 0 Å². The lowest BCUT2D eigenvalue weighted by Gasteiger charge is -2.19. The van der Waals surface area contributed by atoms with Crippen molar-refractivity contribution in [3.05, 3.63) is 54.1 Å². The quantitative estimate of drug-likeness (QED) is 0.640. The Morgan fingerprint density at radius 3 is 2.07 bits per heavy atom. The number of benzene rings is 2. The first kappa shape index (κ1) is 22.7. The number of rotatable bonds is 8. The van der Waals surface area contributed by atoms with Crippen LogP contribution in [0.3, 0.4) is 0 Å². The Hall–Kier alpha value is -2.58. The summed E-state index contributed by atoms with van der Waals surface area (Å²) in [6, 6.07) is 13.3. The second-order valence-corrected chi connectivity index (χ2v) is 9.22. The molecular weight excluding hydrogens is 392 g/mol. The monoisotopic (exact) mass is 420 g/mol. The molecule has 1 atom stereocenters. The molecule has 7 nitrogen and oxygen atoms in total. The summed E-state index contributed by atoms with van der Waals surface area (Å²) >= 11 is 0. The molecule has 0 saturated carbocycles. The van der Waals surface area contributed by atoms with Gasteiger partial charge in [0.05, 0.1) is 11.5 Å². The van der Waals surface area contributed by atoms with E-state index in [2.05, 4.69) is 10.3 Å². The molecular formula is C21H28N2O5S. The van der Waals surface area contributed by atoms with Crippen molar-refractivity contribution in [2.45, 2.75) is 51.0 Å². The maximum absolute atomic E-state index is 12.4. The van der Waals surface area contributed by atoms with Gasteiger partial charge in [0.25, 0.3) is 15.9 Å². The van der Waals surface area contributed by atoms with Crippen LogP contribution in [0.25, 0.3) is 0 Å². The predicted molar refractivity (Wildman–Crippen MR) is 111 cm³/mol. The molecule has 2 aromatic carbocycles. The first-order valence-electron chi connectivity index (χ1n) is 9.34. The SMILES string of the molecule is CCOc1ccc(O[C@H](C)C(=O)NNS(=O)(=O)c2ccc(C(C)(C)C)cc2)cc1. The molecule has 8 heteroatoms. The number of hydrazine groups is 1. The number of ether oxygens (including phenoxy) is 2. The van der Waals surface area contributed by atoms with Crippen LogP contribution in [-0.2, 0) is 20.2 Å². The van der Waals surface area contributed by atoms with E-state index in [4.69, 9.17) is 9.47 Å². The molecule has 0 aliphatic heterocycles. The summed E-state index contributed by atoms with van der Waals surface area (Å²) in [5.41, 5.74) is 3.12. The summed E-state index contributed by atoms with van der Waals surface area (Å²) in [6.07, 6.45) is -0.904.